The number of benzene rings is 2. The Bertz CT molecular complexity index is 1390. The van der Waals surface area contributed by atoms with Gasteiger partial charge in [0.15, 0.2) is 0 Å². The number of likely N-dealkylation sites (N-methyl/N-ethyl adjacent to an activating group) is 1. The van der Waals surface area contributed by atoms with Gasteiger partial charge in [0.2, 0.25) is 15.9 Å². The van der Waals surface area contributed by atoms with Gasteiger partial charge in [0, 0.05) is 27.2 Å². The fourth-order valence-corrected chi connectivity index (χ4v) is 4.83. The van der Waals surface area contributed by atoms with Gasteiger partial charge in [0.1, 0.15) is 0 Å². The van der Waals surface area contributed by atoms with Crippen LogP contribution in [0.15, 0.2) is 63.0 Å². The van der Waals surface area contributed by atoms with Crippen molar-refractivity contribution in [3.05, 3.63) is 74.9 Å². The highest BCUT2D eigenvalue weighted by Gasteiger charge is 2.25. The van der Waals surface area contributed by atoms with Crippen molar-refractivity contribution in [1.29, 1.82) is 0 Å². The highest BCUT2D eigenvalue weighted by atomic mass is 32.2. The molecule has 0 bridgehead atoms. The molecule has 9 nitrogen and oxygen atoms in total. The van der Waals surface area contributed by atoms with Crippen LogP contribution in [-0.2, 0) is 35.3 Å². The lowest BCUT2D eigenvalue weighted by Gasteiger charge is -2.21. The minimum absolute atomic E-state index is 0.104. The number of fused-ring (bicyclic) bond motifs is 1. The molecule has 1 atom stereocenters. The van der Waals surface area contributed by atoms with Gasteiger partial charge >= 0.3 is 5.69 Å². The summed E-state index contributed by atoms with van der Waals surface area (Å²) in [6.07, 6.45) is 1.34. The van der Waals surface area contributed by atoms with Gasteiger partial charge in [-0.2, -0.15) is 4.31 Å². The fraction of sp³-hybridized carbons (Fsp3) is 0.348. The molecule has 0 fully saturated rings. The van der Waals surface area contributed by atoms with Crippen molar-refractivity contribution in [2.24, 2.45) is 14.1 Å². The van der Waals surface area contributed by atoms with Crippen molar-refractivity contribution in [3.63, 3.8) is 0 Å². The molecule has 1 N–H and O–H groups in total. The third-order valence-corrected chi connectivity index (χ3v) is 7.49. The number of aryl methyl sites for hydroxylation is 1. The largest absolute Gasteiger partial charge is 0.352 e. The maximum absolute atomic E-state index is 13.1. The van der Waals surface area contributed by atoms with Crippen molar-refractivity contribution in [2.75, 3.05) is 13.6 Å². The molecule has 0 spiro atoms. The number of sulfonamides is 1. The van der Waals surface area contributed by atoms with E-state index in [-0.39, 0.29) is 22.9 Å². The number of aromatic nitrogens is 2. The third-order valence-electron chi connectivity index (χ3n) is 5.70. The molecule has 176 valence electrons. The lowest BCUT2D eigenvalue weighted by Crippen LogP contribution is -2.43. The Morgan fingerprint density at radius 1 is 1.06 bits per heavy atom. The zero-order valence-corrected chi connectivity index (χ0v) is 19.9. The Kier molecular flexibility index (Phi) is 7.19. The van der Waals surface area contributed by atoms with Crippen molar-refractivity contribution in [1.82, 2.24) is 18.8 Å². The summed E-state index contributed by atoms with van der Waals surface area (Å²) in [7, 11) is 0.116. The first-order chi connectivity index (χ1) is 15.6. The average Bonchev–Trinajstić information content (AvgIpc) is 2.81. The Labute approximate surface area is 192 Å². The minimum Gasteiger partial charge on any atom is -0.352 e. The van der Waals surface area contributed by atoms with Crippen LogP contribution in [0.5, 0.6) is 0 Å². The number of hydrogen-bond donors (Lipinski definition) is 1. The first-order valence-electron chi connectivity index (χ1n) is 10.6. The number of carbonyl (C=O) groups is 1. The molecule has 10 heteroatoms. The first kappa shape index (κ1) is 24.4. The lowest BCUT2D eigenvalue weighted by atomic mass is 10.0. The Hall–Kier alpha value is -3.24. The lowest BCUT2D eigenvalue weighted by molar-refractivity contribution is -0.121. The topological polar surface area (TPSA) is 110 Å². The molecular weight excluding hydrogens is 444 g/mol. The van der Waals surface area contributed by atoms with Gasteiger partial charge in [-0.25, -0.2) is 13.2 Å². The predicted molar refractivity (Wildman–Crippen MR) is 127 cm³/mol. The molecule has 3 aromatic rings. The van der Waals surface area contributed by atoms with Crippen LogP contribution in [-0.4, -0.2) is 47.4 Å². The van der Waals surface area contributed by atoms with Crippen LogP contribution in [0.1, 0.15) is 18.9 Å². The van der Waals surface area contributed by atoms with Gasteiger partial charge in [0.05, 0.1) is 22.3 Å². The zero-order valence-electron chi connectivity index (χ0n) is 19.1. The van der Waals surface area contributed by atoms with Crippen molar-refractivity contribution >= 4 is 26.8 Å². The van der Waals surface area contributed by atoms with E-state index in [1.54, 1.807) is 0 Å². The van der Waals surface area contributed by atoms with E-state index in [9.17, 15) is 22.8 Å². The summed E-state index contributed by atoms with van der Waals surface area (Å²) < 4.78 is 29.3. The molecule has 1 amide bonds. The molecule has 1 aromatic heterocycles. The zero-order chi connectivity index (χ0) is 24.3. The summed E-state index contributed by atoms with van der Waals surface area (Å²) in [6.45, 7) is 1.59. The van der Waals surface area contributed by atoms with E-state index in [1.165, 1.54) is 43.9 Å². The SMILES string of the molecule is CC[C@H](Cc1ccccc1)NC(=O)CN(C)S(=O)(=O)c1ccc2c(c1)c(=O)n(C)c(=O)n2C. The highest BCUT2D eigenvalue weighted by Crippen LogP contribution is 2.18. The number of hydrogen-bond acceptors (Lipinski definition) is 5. The molecule has 0 unspecified atom stereocenters. The summed E-state index contributed by atoms with van der Waals surface area (Å²) in [4.78, 5) is 37.1. The Morgan fingerprint density at radius 2 is 1.73 bits per heavy atom. The smallest absolute Gasteiger partial charge is 0.330 e. The van der Waals surface area contributed by atoms with Crippen LogP contribution >= 0.6 is 0 Å². The van der Waals surface area contributed by atoms with E-state index >= 15 is 0 Å². The second-order valence-corrected chi connectivity index (χ2v) is 10.1. The van der Waals surface area contributed by atoms with Crippen molar-refractivity contribution in [2.45, 2.75) is 30.7 Å². The van der Waals surface area contributed by atoms with E-state index in [4.69, 9.17) is 0 Å². The van der Waals surface area contributed by atoms with Crippen LogP contribution in [0.2, 0.25) is 0 Å². The molecular formula is C23H28N4O5S. The quantitative estimate of drug-likeness (QED) is 0.526. The van der Waals surface area contributed by atoms with Crippen LogP contribution in [0.4, 0.5) is 0 Å². The first-order valence-corrected chi connectivity index (χ1v) is 12.0. The molecule has 2 aromatic carbocycles. The fourth-order valence-electron chi connectivity index (χ4n) is 3.67. The van der Waals surface area contributed by atoms with Crippen molar-refractivity contribution in [3.8, 4) is 0 Å². The third kappa shape index (κ3) is 5.07. The minimum atomic E-state index is -4.04. The van der Waals surface area contributed by atoms with E-state index in [0.29, 0.717) is 18.4 Å². The summed E-state index contributed by atoms with van der Waals surface area (Å²) in [6, 6.07) is 13.6. The molecule has 0 aliphatic heterocycles. The monoisotopic (exact) mass is 472 g/mol. The standard InChI is InChI=1S/C23H28N4O5S/c1-5-17(13-16-9-7-6-8-10-16)24-21(28)15-25(2)33(31,32)18-11-12-20-19(14-18)22(29)27(4)23(30)26(20)3/h6-12,14,17H,5,13,15H2,1-4H3,(H,24,28)/t17-/m1/s1. The predicted octanol–water partition coefficient (Wildman–Crippen LogP) is 0.995. The average molecular weight is 473 g/mol. The van der Waals surface area contributed by atoms with Crippen LogP contribution in [0.25, 0.3) is 10.9 Å². The van der Waals surface area contributed by atoms with Gasteiger partial charge < -0.3 is 5.32 Å². The molecule has 33 heavy (non-hydrogen) atoms. The van der Waals surface area contributed by atoms with Crippen LogP contribution in [0, 0.1) is 0 Å². The van der Waals surface area contributed by atoms with Crippen molar-refractivity contribution < 1.29 is 13.2 Å². The molecule has 0 saturated heterocycles. The molecule has 1 heterocycles. The van der Waals surface area contributed by atoms with E-state index in [0.717, 1.165) is 14.4 Å². The van der Waals surface area contributed by atoms with Crippen LogP contribution < -0.4 is 16.6 Å². The summed E-state index contributed by atoms with van der Waals surface area (Å²) in [5.41, 5.74) is 0.321. The number of carbonyl (C=O) groups excluding carboxylic acids is 1. The Balaban J connectivity index is 1.79. The van der Waals surface area contributed by atoms with Gasteiger partial charge in [-0.05, 0) is 36.6 Å². The maximum Gasteiger partial charge on any atom is 0.330 e. The number of nitrogens with zero attached hydrogens (tertiary/aromatic N) is 3. The normalized spacial score (nSPS) is 12.8. The van der Waals surface area contributed by atoms with E-state index in [2.05, 4.69) is 5.32 Å². The summed E-state index contributed by atoms with van der Waals surface area (Å²) >= 11 is 0. The van der Waals surface area contributed by atoms with Gasteiger partial charge in [-0.15, -0.1) is 0 Å². The Morgan fingerprint density at radius 3 is 2.36 bits per heavy atom. The van der Waals surface area contributed by atoms with Gasteiger partial charge in [-0.3, -0.25) is 18.7 Å². The number of nitrogens with one attached hydrogen (secondary N) is 1. The summed E-state index contributed by atoms with van der Waals surface area (Å²) in [5.74, 6) is -0.414. The number of rotatable bonds is 8. The highest BCUT2D eigenvalue weighted by molar-refractivity contribution is 7.89. The second-order valence-electron chi connectivity index (χ2n) is 8.01. The van der Waals surface area contributed by atoms with E-state index in [1.807, 2.05) is 37.3 Å². The summed E-state index contributed by atoms with van der Waals surface area (Å²) in [5, 5.41) is 3.00. The molecule has 0 aliphatic rings. The molecule has 3 rings (SSSR count). The maximum atomic E-state index is 13.1. The molecule has 0 radical (unpaired) electrons. The van der Waals surface area contributed by atoms with Gasteiger partial charge in [-0.1, -0.05) is 37.3 Å². The molecule has 0 saturated carbocycles. The molecule has 0 aliphatic carbocycles. The number of amides is 1. The van der Waals surface area contributed by atoms with Crippen LogP contribution in [0.3, 0.4) is 0 Å². The van der Waals surface area contributed by atoms with Gasteiger partial charge in [0.25, 0.3) is 5.56 Å². The second kappa shape index (κ2) is 9.72. The van der Waals surface area contributed by atoms with E-state index < -0.39 is 27.2 Å².